The van der Waals surface area contributed by atoms with Gasteiger partial charge in [0.15, 0.2) is 0 Å². The summed E-state index contributed by atoms with van der Waals surface area (Å²) in [6, 6.07) is 11.1. The molecule has 2 aromatic rings. The number of sulfonamides is 1. The van der Waals surface area contributed by atoms with Gasteiger partial charge in [-0.05, 0) is 49.9 Å². The molecule has 1 aliphatic carbocycles. The molecule has 8 heteroatoms. The van der Waals surface area contributed by atoms with E-state index in [1.54, 1.807) is 12.1 Å². The second-order valence-electron chi connectivity index (χ2n) is 6.35. The summed E-state index contributed by atoms with van der Waals surface area (Å²) in [6.07, 6.45) is 3.00. The van der Waals surface area contributed by atoms with E-state index in [2.05, 4.69) is 4.72 Å². The lowest BCUT2D eigenvalue weighted by molar-refractivity contribution is 0.0669. The van der Waals surface area contributed by atoms with E-state index in [1.165, 1.54) is 11.3 Å². The lowest BCUT2D eigenvalue weighted by atomic mass is 9.95. The highest BCUT2D eigenvalue weighted by molar-refractivity contribution is 7.91. The topological polar surface area (TPSA) is 102 Å². The fraction of sp³-hybridized carbons (Fsp3) is 0.444. The van der Waals surface area contributed by atoms with E-state index in [4.69, 9.17) is 10.5 Å². The Morgan fingerprint density at radius 1 is 1.15 bits per heavy atom. The Labute approximate surface area is 158 Å². The third-order valence-corrected chi connectivity index (χ3v) is 7.44. The Hall–Kier alpha value is -1.45. The standard InChI is InChI=1S/C18H24N2O4S2/c19-11-12-20-26(22,23)18-10-9-17(25-18)15-3-1-2-4-16(15)24-14-7-5-13(21)6-8-14/h1-4,9-10,13-14,20-21H,5-8,11-12,19H2. The Morgan fingerprint density at radius 3 is 2.62 bits per heavy atom. The maximum absolute atomic E-state index is 12.3. The highest BCUT2D eigenvalue weighted by Crippen LogP contribution is 2.37. The number of hydrogen-bond acceptors (Lipinski definition) is 6. The molecule has 1 fully saturated rings. The van der Waals surface area contributed by atoms with Gasteiger partial charge in [0, 0.05) is 23.5 Å². The van der Waals surface area contributed by atoms with Crippen molar-refractivity contribution in [2.75, 3.05) is 13.1 Å². The fourth-order valence-corrected chi connectivity index (χ4v) is 5.42. The number of ether oxygens (including phenoxy) is 1. The summed E-state index contributed by atoms with van der Waals surface area (Å²) < 4.78 is 33.4. The van der Waals surface area contributed by atoms with Crippen molar-refractivity contribution in [3.63, 3.8) is 0 Å². The Morgan fingerprint density at radius 2 is 1.88 bits per heavy atom. The molecule has 3 rings (SSSR count). The first-order chi connectivity index (χ1) is 12.5. The van der Waals surface area contributed by atoms with Crippen LogP contribution in [-0.4, -0.2) is 38.8 Å². The van der Waals surface area contributed by atoms with E-state index in [0.29, 0.717) is 0 Å². The quantitative estimate of drug-likeness (QED) is 0.667. The number of aliphatic hydroxyl groups excluding tert-OH is 1. The van der Waals surface area contributed by atoms with Crippen molar-refractivity contribution in [2.24, 2.45) is 5.73 Å². The van der Waals surface area contributed by atoms with E-state index in [-0.39, 0.29) is 29.5 Å². The number of nitrogens with two attached hydrogens (primary N) is 1. The molecule has 0 aliphatic heterocycles. The maximum Gasteiger partial charge on any atom is 0.250 e. The molecule has 1 saturated carbocycles. The van der Waals surface area contributed by atoms with Crippen molar-refractivity contribution in [1.82, 2.24) is 4.72 Å². The van der Waals surface area contributed by atoms with Gasteiger partial charge in [-0.15, -0.1) is 11.3 Å². The molecule has 0 saturated heterocycles. The normalized spacial score (nSPS) is 20.8. The minimum absolute atomic E-state index is 0.0777. The molecule has 0 radical (unpaired) electrons. The number of rotatable bonds is 7. The second kappa shape index (κ2) is 8.49. The van der Waals surface area contributed by atoms with Crippen LogP contribution in [0.2, 0.25) is 0 Å². The third kappa shape index (κ3) is 4.63. The van der Waals surface area contributed by atoms with Crippen molar-refractivity contribution in [2.45, 2.75) is 42.1 Å². The van der Waals surface area contributed by atoms with Crippen LogP contribution in [0.3, 0.4) is 0 Å². The molecular formula is C18H24N2O4S2. The van der Waals surface area contributed by atoms with Crippen molar-refractivity contribution in [3.8, 4) is 16.2 Å². The molecule has 142 valence electrons. The molecule has 0 spiro atoms. The van der Waals surface area contributed by atoms with Gasteiger partial charge >= 0.3 is 0 Å². The summed E-state index contributed by atoms with van der Waals surface area (Å²) >= 11 is 1.21. The number of thiophene rings is 1. The van der Waals surface area contributed by atoms with Gasteiger partial charge in [0.05, 0.1) is 12.2 Å². The van der Waals surface area contributed by atoms with Crippen LogP contribution in [0, 0.1) is 0 Å². The summed E-state index contributed by atoms with van der Waals surface area (Å²) in [5.41, 5.74) is 6.25. The van der Waals surface area contributed by atoms with Gasteiger partial charge in [0.25, 0.3) is 0 Å². The number of benzene rings is 1. The number of nitrogens with one attached hydrogen (secondary N) is 1. The summed E-state index contributed by atoms with van der Waals surface area (Å²) in [5.74, 6) is 0.745. The SMILES string of the molecule is NCCNS(=O)(=O)c1ccc(-c2ccccc2OC2CCC(O)CC2)s1. The second-order valence-corrected chi connectivity index (χ2v) is 9.43. The molecular weight excluding hydrogens is 372 g/mol. The predicted octanol–water partition coefficient (Wildman–Crippen LogP) is 2.33. The van der Waals surface area contributed by atoms with Crippen LogP contribution in [0.15, 0.2) is 40.6 Å². The Kier molecular flexibility index (Phi) is 6.31. The van der Waals surface area contributed by atoms with Crippen LogP contribution in [0.4, 0.5) is 0 Å². The Bertz CT molecular complexity index is 827. The zero-order valence-electron chi connectivity index (χ0n) is 14.4. The van der Waals surface area contributed by atoms with Crippen LogP contribution in [0.25, 0.3) is 10.4 Å². The van der Waals surface area contributed by atoms with Gasteiger partial charge in [0.1, 0.15) is 9.96 Å². The molecule has 6 nitrogen and oxygen atoms in total. The largest absolute Gasteiger partial charge is 0.490 e. The van der Waals surface area contributed by atoms with Gasteiger partial charge in [0.2, 0.25) is 10.0 Å². The summed E-state index contributed by atoms with van der Waals surface area (Å²) in [7, 11) is -3.54. The highest BCUT2D eigenvalue weighted by Gasteiger charge is 2.22. The molecule has 0 amide bonds. The van der Waals surface area contributed by atoms with Crippen LogP contribution in [-0.2, 0) is 10.0 Å². The fourth-order valence-electron chi connectivity index (χ4n) is 2.99. The summed E-state index contributed by atoms with van der Waals surface area (Å²) in [5, 5.41) is 9.64. The van der Waals surface area contributed by atoms with E-state index in [0.717, 1.165) is 41.9 Å². The Balaban J connectivity index is 1.80. The smallest absolute Gasteiger partial charge is 0.250 e. The van der Waals surface area contributed by atoms with E-state index in [9.17, 15) is 13.5 Å². The minimum Gasteiger partial charge on any atom is -0.490 e. The molecule has 0 unspecified atom stereocenters. The average molecular weight is 397 g/mol. The van der Waals surface area contributed by atoms with Crippen molar-refractivity contribution < 1.29 is 18.3 Å². The highest BCUT2D eigenvalue weighted by atomic mass is 32.2. The maximum atomic E-state index is 12.3. The molecule has 1 heterocycles. The lowest BCUT2D eigenvalue weighted by Crippen LogP contribution is -2.28. The van der Waals surface area contributed by atoms with Gasteiger partial charge < -0.3 is 15.6 Å². The van der Waals surface area contributed by atoms with Crippen molar-refractivity contribution in [1.29, 1.82) is 0 Å². The molecule has 4 N–H and O–H groups in total. The van der Waals surface area contributed by atoms with Crippen molar-refractivity contribution >= 4 is 21.4 Å². The molecule has 26 heavy (non-hydrogen) atoms. The van der Waals surface area contributed by atoms with Crippen LogP contribution in [0.1, 0.15) is 25.7 Å². The molecule has 1 aromatic heterocycles. The first-order valence-electron chi connectivity index (χ1n) is 8.73. The average Bonchev–Trinajstić information content (AvgIpc) is 3.13. The number of hydrogen-bond donors (Lipinski definition) is 3. The number of para-hydroxylation sites is 1. The molecule has 1 aliphatic rings. The van der Waals surface area contributed by atoms with Crippen LogP contribution in [0.5, 0.6) is 5.75 Å². The monoisotopic (exact) mass is 396 g/mol. The van der Waals surface area contributed by atoms with Gasteiger partial charge in [-0.3, -0.25) is 0 Å². The summed E-state index contributed by atoms with van der Waals surface area (Å²) in [6.45, 7) is 0.465. The van der Waals surface area contributed by atoms with Gasteiger partial charge in [-0.2, -0.15) is 0 Å². The van der Waals surface area contributed by atoms with Gasteiger partial charge in [-0.25, -0.2) is 13.1 Å². The van der Waals surface area contributed by atoms with E-state index in [1.807, 2.05) is 24.3 Å². The van der Waals surface area contributed by atoms with E-state index < -0.39 is 10.0 Å². The van der Waals surface area contributed by atoms with Crippen LogP contribution >= 0.6 is 11.3 Å². The van der Waals surface area contributed by atoms with Crippen LogP contribution < -0.4 is 15.2 Å². The first kappa shape index (κ1) is 19.3. The number of aliphatic hydroxyl groups is 1. The minimum atomic E-state index is -3.54. The molecule has 0 atom stereocenters. The van der Waals surface area contributed by atoms with Gasteiger partial charge in [-0.1, -0.05) is 12.1 Å². The van der Waals surface area contributed by atoms with Crippen molar-refractivity contribution in [3.05, 3.63) is 36.4 Å². The molecule has 1 aromatic carbocycles. The molecule has 0 bridgehead atoms. The predicted molar refractivity (Wildman–Crippen MR) is 103 cm³/mol. The third-order valence-electron chi connectivity index (χ3n) is 4.37. The lowest BCUT2D eigenvalue weighted by Gasteiger charge is -2.27. The zero-order chi connectivity index (χ0) is 18.6. The zero-order valence-corrected chi connectivity index (χ0v) is 16.1. The summed E-state index contributed by atoms with van der Waals surface area (Å²) in [4.78, 5) is 0.838. The van der Waals surface area contributed by atoms with E-state index >= 15 is 0 Å². The first-order valence-corrected chi connectivity index (χ1v) is 11.0.